The number of carboxylic acid groups (broad SMARTS) is 1. The number of carboxylic acids is 1. The molecule has 6 aliphatic rings. The first-order valence-electron chi connectivity index (χ1n) is 11.0. The molecular formula is C22H35N2O3. The van der Waals surface area contributed by atoms with Crippen LogP contribution in [0.4, 0.5) is 0 Å². The number of Topliss-reactive ketones (excluding diaryl/α,β-unsaturated/α-hetero) is 1. The topological polar surface area (TPSA) is 71.7 Å². The fourth-order valence-electron chi connectivity index (χ4n) is 6.97. The van der Waals surface area contributed by atoms with Crippen LogP contribution in [0.3, 0.4) is 0 Å². The molecule has 0 spiro atoms. The smallest absolute Gasteiger partial charge is 0.320 e. The Bertz CT molecular complexity index is 566. The van der Waals surface area contributed by atoms with Crippen molar-refractivity contribution >= 4 is 11.8 Å². The maximum Gasteiger partial charge on any atom is 0.320 e. The van der Waals surface area contributed by atoms with Crippen molar-refractivity contribution in [1.29, 1.82) is 0 Å². The minimum atomic E-state index is -0.776. The first-order chi connectivity index (χ1) is 12.8. The summed E-state index contributed by atoms with van der Waals surface area (Å²) in [7, 11) is 0. The van der Waals surface area contributed by atoms with E-state index in [-0.39, 0.29) is 11.8 Å². The molecule has 2 unspecified atom stereocenters. The van der Waals surface area contributed by atoms with Gasteiger partial charge in [-0.05, 0) is 88.4 Å². The predicted molar refractivity (Wildman–Crippen MR) is 103 cm³/mol. The third kappa shape index (κ3) is 3.15. The molecule has 0 amide bonds. The van der Waals surface area contributed by atoms with Crippen LogP contribution in [0, 0.1) is 29.6 Å². The van der Waals surface area contributed by atoms with Crippen LogP contribution in [-0.4, -0.2) is 52.5 Å². The quantitative estimate of drug-likeness (QED) is 0.820. The van der Waals surface area contributed by atoms with Gasteiger partial charge in [-0.15, -0.1) is 0 Å². The monoisotopic (exact) mass is 375 g/mol. The van der Waals surface area contributed by atoms with Crippen LogP contribution >= 0.6 is 0 Å². The molecule has 27 heavy (non-hydrogen) atoms. The maximum atomic E-state index is 12.9. The molecule has 2 atom stereocenters. The Labute approximate surface area is 163 Å². The summed E-state index contributed by atoms with van der Waals surface area (Å²) in [5.41, 5.74) is -0.613. The van der Waals surface area contributed by atoms with Gasteiger partial charge in [0.15, 0.2) is 5.78 Å². The standard InChI is InChI=1S/C19H29NO3.C3H6N/c1-4-14(18(22)23)20-16(17(21)19(20,2)3)15-12-6-10-5-11(8-12)9-13(15)7-10;1-2-4-3-1/h10-16H,4-9H2,1-3H3,(H,22,23);1-3H2. The van der Waals surface area contributed by atoms with Crippen molar-refractivity contribution in [3.63, 3.8) is 0 Å². The van der Waals surface area contributed by atoms with E-state index in [1.54, 1.807) is 0 Å². The van der Waals surface area contributed by atoms with Crippen LogP contribution in [0.2, 0.25) is 0 Å². The van der Waals surface area contributed by atoms with Crippen LogP contribution in [0.1, 0.15) is 65.7 Å². The molecule has 4 bridgehead atoms. The second kappa shape index (κ2) is 7.14. The van der Waals surface area contributed by atoms with Gasteiger partial charge in [0.25, 0.3) is 0 Å². The van der Waals surface area contributed by atoms with Gasteiger partial charge >= 0.3 is 5.97 Å². The number of carbonyl (C=O) groups excluding carboxylic acids is 1. The highest BCUT2D eigenvalue weighted by molar-refractivity contribution is 6.00. The normalized spacial score (nSPS) is 42.6. The van der Waals surface area contributed by atoms with Crippen molar-refractivity contribution in [1.82, 2.24) is 10.2 Å². The van der Waals surface area contributed by atoms with Crippen molar-refractivity contribution in [2.75, 3.05) is 13.1 Å². The Morgan fingerprint density at radius 1 is 1.15 bits per heavy atom. The second-order valence-corrected chi connectivity index (χ2v) is 10.1. The van der Waals surface area contributed by atoms with Gasteiger partial charge in [-0.1, -0.05) is 6.92 Å². The van der Waals surface area contributed by atoms with Crippen LogP contribution in [0.5, 0.6) is 0 Å². The molecule has 151 valence electrons. The Kier molecular flexibility index (Phi) is 5.13. The van der Waals surface area contributed by atoms with Gasteiger partial charge in [0.1, 0.15) is 6.04 Å². The predicted octanol–water partition coefficient (Wildman–Crippen LogP) is 2.95. The summed E-state index contributed by atoms with van der Waals surface area (Å²) < 4.78 is 0. The van der Waals surface area contributed by atoms with Crippen molar-refractivity contribution < 1.29 is 14.7 Å². The van der Waals surface area contributed by atoms with Gasteiger partial charge < -0.3 is 5.11 Å². The number of likely N-dealkylation sites (tertiary alicyclic amines) is 1. The highest BCUT2D eigenvalue weighted by Crippen LogP contribution is 2.60. The number of hydrogen-bond donors (Lipinski definition) is 1. The minimum Gasteiger partial charge on any atom is -0.480 e. The number of aliphatic carboxylic acids is 1. The van der Waals surface area contributed by atoms with Gasteiger partial charge in [0, 0.05) is 13.1 Å². The van der Waals surface area contributed by atoms with Gasteiger partial charge in [-0.3, -0.25) is 14.5 Å². The van der Waals surface area contributed by atoms with E-state index < -0.39 is 17.6 Å². The van der Waals surface area contributed by atoms with Crippen LogP contribution in [0.25, 0.3) is 0 Å². The molecule has 5 nitrogen and oxygen atoms in total. The van der Waals surface area contributed by atoms with Gasteiger partial charge in [-0.25, -0.2) is 5.32 Å². The largest absolute Gasteiger partial charge is 0.480 e. The molecule has 0 aromatic carbocycles. The summed E-state index contributed by atoms with van der Waals surface area (Å²) in [6.45, 7) is 7.99. The Hall–Kier alpha value is -0.940. The molecule has 2 aliphatic heterocycles. The zero-order chi connectivity index (χ0) is 19.3. The van der Waals surface area contributed by atoms with E-state index in [2.05, 4.69) is 10.2 Å². The molecule has 1 N–H and O–H groups in total. The third-order valence-corrected chi connectivity index (χ3v) is 8.12. The molecule has 2 heterocycles. The lowest BCUT2D eigenvalue weighted by atomic mass is 9.48. The average molecular weight is 376 g/mol. The number of rotatable bonds is 4. The van der Waals surface area contributed by atoms with E-state index in [0.29, 0.717) is 24.2 Å². The van der Waals surface area contributed by atoms with Gasteiger partial charge in [-0.2, -0.15) is 0 Å². The van der Waals surface area contributed by atoms with Gasteiger partial charge in [0.2, 0.25) is 0 Å². The summed E-state index contributed by atoms with van der Waals surface area (Å²) in [6.07, 6.45) is 8.41. The molecule has 6 rings (SSSR count). The zero-order valence-corrected chi connectivity index (χ0v) is 17.1. The SMILES string of the molecule is C1C[N]C1.CCC(C(=O)O)N1C(C2C3CC4CC(C3)CC2C4)C(=O)C1(C)C. The molecule has 4 saturated carbocycles. The average Bonchev–Trinajstić information content (AvgIpc) is 2.54. The molecule has 2 saturated heterocycles. The van der Waals surface area contributed by atoms with E-state index in [1.165, 1.54) is 38.5 Å². The van der Waals surface area contributed by atoms with Crippen LogP contribution in [0.15, 0.2) is 0 Å². The number of hydrogen-bond acceptors (Lipinski definition) is 3. The molecular weight excluding hydrogens is 340 g/mol. The molecule has 0 aromatic heterocycles. The van der Waals surface area contributed by atoms with E-state index in [0.717, 1.165) is 24.9 Å². The summed E-state index contributed by atoms with van der Waals surface area (Å²) in [6, 6.07) is -0.661. The summed E-state index contributed by atoms with van der Waals surface area (Å²) >= 11 is 0. The Morgan fingerprint density at radius 3 is 2.00 bits per heavy atom. The van der Waals surface area contributed by atoms with Crippen molar-refractivity contribution in [2.24, 2.45) is 29.6 Å². The van der Waals surface area contributed by atoms with E-state index >= 15 is 0 Å². The number of ketones is 1. The highest BCUT2D eigenvalue weighted by Gasteiger charge is 2.64. The Balaban J connectivity index is 0.000000400. The minimum absolute atomic E-state index is 0.138. The van der Waals surface area contributed by atoms with Crippen molar-refractivity contribution in [2.45, 2.75) is 83.3 Å². The first kappa shape index (κ1) is 19.4. The van der Waals surface area contributed by atoms with E-state index in [1.807, 2.05) is 20.8 Å². The Morgan fingerprint density at radius 2 is 1.63 bits per heavy atom. The molecule has 6 fully saturated rings. The number of carbonyl (C=O) groups is 2. The van der Waals surface area contributed by atoms with E-state index in [9.17, 15) is 14.7 Å². The lowest BCUT2D eigenvalue weighted by Gasteiger charge is -2.64. The molecule has 4 aliphatic carbocycles. The molecule has 0 aromatic rings. The third-order valence-electron chi connectivity index (χ3n) is 8.12. The summed E-state index contributed by atoms with van der Waals surface area (Å²) in [5, 5.41) is 13.6. The number of nitrogens with zero attached hydrogens (tertiary/aromatic N) is 2. The van der Waals surface area contributed by atoms with Gasteiger partial charge in [0.05, 0.1) is 11.6 Å². The molecule has 5 heteroatoms. The summed E-state index contributed by atoms with van der Waals surface area (Å²) in [4.78, 5) is 26.7. The van der Waals surface area contributed by atoms with Crippen molar-refractivity contribution in [3.05, 3.63) is 0 Å². The van der Waals surface area contributed by atoms with Crippen molar-refractivity contribution in [3.8, 4) is 0 Å². The lowest BCUT2D eigenvalue weighted by molar-refractivity contribution is -0.188. The highest BCUT2D eigenvalue weighted by atomic mass is 16.4. The van der Waals surface area contributed by atoms with E-state index in [4.69, 9.17) is 0 Å². The second-order valence-electron chi connectivity index (χ2n) is 10.1. The fourth-order valence-corrected chi connectivity index (χ4v) is 6.97. The lowest BCUT2D eigenvalue weighted by Crippen LogP contribution is -2.78. The fraction of sp³-hybridized carbons (Fsp3) is 0.909. The van der Waals surface area contributed by atoms with Crippen LogP contribution in [-0.2, 0) is 9.59 Å². The molecule has 1 radical (unpaired) electrons. The zero-order valence-electron chi connectivity index (χ0n) is 17.1. The first-order valence-corrected chi connectivity index (χ1v) is 11.0. The maximum absolute atomic E-state index is 12.9. The van der Waals surface area contributed by atoms with Crippen LogP contribution < -0.4 is 5.32 Å². The summed E-state index contributed by atoms with van der Waals surface area (Å²) in [5.74, 6) is 3.00.